The van der Waals surface area contributed by atoms with Gasteiger partial charge in [-0.25, -0.2) is 9.67 Å². The molecule has 1 atom stereocenters. The summed E-state index contributed by atoms with van der Waals surface area (Å²) in [5.41, 5.74) is 1.80. The molecule has 26 heavy (non-hydrogen) atoms. The Bertz CT molecular complexity index is 992. The third-order valence-electron chi connectivity index (χ3n) is 4.14. The molecule has 0 spiro atoms. The maximum atomic E-state index is 12.7. The highest BCUT2D eigenvalue weighted by Gasteiger charge is 2.17. The quantitative estimate of drug-likeness (QED) is 0.748. The number of carbonyl (C=O) groups is 1. The number of nitrogens with zero attached hydrogens (tertiary/aromatic N) is 3. The van der Waals surface area contributed by atoms with Crippen molar-refractivity contribution >= 4 is 27.5 Å². The van der Waals surface area contributed by atoms with Crippen LogP contribution in [0.5, 0.6) is 0 Å². The van der Waals surface area contributed by atoms with E-state index >= 15 is 0 Å². The van der Waals surface area contributed by atoms with Crippen LogP contribution in [0.15, 0.2) is 35.1 Å². The molecule has 0 aliphatic rings. The van der Waals surface area contributed by atoms with E-state index in [1.807, 2.05) is 58.0 Å². The van der Waals surface area contributed by atoms with Gasteiger partial charge < -0.3 is 5.32 Å². The number of fused-ring (bicyclic) bond motifs is 1. The molecule has 7 heteroatoms. The minimum absolute atomic E-state index is 0.124. The molecular formula is C19H22N4O2S. The first-order valence-electron chi connectivity index (χ1n) is 8.59. The molecule has 0 aliphatic carbocycles. The standard InChI is InChI=1S/C19H22N4O2S/c1-11(2)18-21-16-17(26-18)13(4)22-23(19(16)25)10-15(24)20-12(3)14-8-6-5-7-9-14/h5-9,11-12H,10H2,1-4H3,(H,20,24). The Kier molecular flexibility index (Phi) is 5.18. The number of hydrogen-bond acceptors (Lipinski definition) is 5. The Morgan fingerprint density at radius 1 is 1.23 bits per heavy atom. The maximum absolute atomic E-state index is 12.7. The van der Waals surface area contributed by atoms with E-state index in [9.17, 15) is 9.59 Å². The van der Waals surface area contributed by atoms with Crippen molar-refractivity contribution in [3.63, 3.8) is 0 Å². The Balaban J connectivity index is 1.83. The van der Waals surface area contributed by atoms with Crippen LogP contribution in [0, 0.1) is 6.92 Å². The normalized spacial score (nSPS) is 12.5. The summed E-state index contributed by atoms with van der Waals surface area (Å²) >= 11 is 1.49. The molecule has 1 unspecified atom stereocenters. The van der Waals surface area contributed by atoms with Crippen molar-refractivity contribution in [2.75, 3.05) is 0 Å². The zero-order valence-electron chi connectivity index (χ0n) is 15.3. The molecule has 0 aliphatic heterocycles. The number of rotatable bonds is 5. The highest BCUT2D eigenvalue weighted by atomic mass is 32.1. The largest absolute Gasteiger partial charge is 0.348 e. The van der Waals surface area contributed by atoms with Crippen LogP contribution in [0.1, 0.15) is 49.0 Å². The van der Waals surface area contributed by atoms with Crippen molar-refractivity contribution in [3.05, 3.63) is 57.0 Å². The monoisotopic (exact) mass is 370 g/mol. The fourth-order valence-corrected chi connectivity index (χ4v) is 3.72. The van der Waals surface area contributed by atoms with Gasteiger partial charge in [0.15, 0.2) is 5.52 Å². The molecule has 2 aromatic heterocycles. The van der Waals surface area contributed by atoms with Crippen LogP contribution in [-0.2, 0) is 11.3 Å². The first kappa shape index (κ1) is 18.3. The highest BCUT2D eigenvalue weighted by molar-refractivity contribution is 7.18. The zero-order valence-corrected chi connectivity index (χ0v) is 16.1. The molecule has 0 saturated carbocycles. The molecule has 0 saturated heterocycles. The number of hydrogen-bond donors (Lipinski definition) is 1. The molecular weight excluding hydrogens is 348 g/mol. The van der Waals surface area contributed by atoms with Gasteiger partial charge in [-0.05, 0) is 19.4 Å². The lowest BCUT2D eigenvalue weighted by molar-refractivity contribution is -0.122. The molecule has 3 aromatic rings. The third kappa shape index (κ3) is 3.67. The number of aromatic nitrogens is 3. The van der Waals surface area contributed by atoms with E-state index in [0.29, 0.717) is 11.2 Å². The van der Waals surface area contributed by atoms with Gasteiger partial charge in [0.25, 0.3) is 5.56 Å². The fraction of sp³-hybridized carbons (Fsp3) is 0.368. The summed E-state index contributed by atoms with van der Waals surface area (Å²) in [7, 11) is 0. The van der Waals surface area contributed by atoms with Crippen LogP contribution in [0.2, 0.25) is 0 Å². The molecule has 2 heterocycles. The van der Waals surface area contributed by atoms with Gasteiger partial charge in [0, 0.05) is 5.92 Å². The first-order valence-corrected chi connectivity index (χ1v) is 9.41. The van der Waals surface area contributed by atoms with Crippen LogP contribution < -0.4 is 10.9 Å². The predicted molar refractivity (Wildman–Crippen MR) is 104 cm³/mol. The van der Waals surface area contributed by atoms with Crippen molar-refractivity contribution in [1.82, 2.24) is 20.1 Å². The second-order valence-electron chi connectivity index (χ2n) is 6.63. The van der Waals surface area contributed by atoms with Crippen LogP contribution >= 0.6 is 11.3 Å². The lowest BCUT2D eigenvalue weighted by Crippen LogP contribution is -2.35. The van der Waals surface area contributed by atoms with Crippen molar-refractivity contribution in [2.45, 2.75) is 46.2 Å². The maximum Gasteiger partial charge on any atom is 0.294 e. The average molecular weight is 370 g/mol. The Morgan fingerprint density at radius 2 is 1.92 bits per heavy atom. The Labute approximate surface area is 155 Å². The lowest BCUT2D eigenvalue weighted by atomic mass is 10.1. The predicted octanol–water partition coefficient (Wildman–Crippen LogP) is 3.16. The van der Waals surface area contributed by atoms with E-state index in [-0.39, 0.29) is 30.0 Å². The van der Waals surface area contributed by atoms with E-state index in [0.717, 1.165) is 15.3 Å². The zero-order chi connectivity index (χ0) is 18.8. The summed E-state index contributed by atoms with van der Waals surface area (Å²) in [5.74, 6) is -0.0105. The van der Waals surface area contributed by atoms with Gasteiger partial charge in [0.1, 0.15) is 6.54 Å². The van der Waals surface area contributed by atoms with Gasteiger partial charge in [0.05, 0.1) is 21.4 Å². The summed E-state index contributed by atoms with van der Waals surface area (Å²) in [4.78, 5) is 29.5. The summed E-state index contributed by atoms with van der Waals surface area (Å²) in [6.45, 7) is 7.70. The van der Waals surface area contributed by atoms with Gasteiger partial charge in [-0.2, -0.15) is 5.10 Å². The first-order chi connectivity index (χ1) is 12.4. The molecule has 1 aromatic carbocycles. The SMILES string of the molecule is Cc1nn(CC(=O)NC(C)c2ccccc2)c(=O)c2nc(C(C)C)sc12. The molecule has 0 bridgehead atoms. The number of nitrogens with one attached hydrogen (secondary N) is 1. The molecule has 136 valence electrons. The topological polar surface area (TPSA) is 76.9 Å². The minimum Gasteiger partial charge on any atom is -0.348 e. The molecule has 1 N–H and O–H groups in total. The van der Waals surface area contributed by atoms with E-state index in [2.05, 4.69) is 15.4 Å². The number of thiazole rings is 1. The third-order valence-corrected chi connectivity index (χ3v) is 5.61. The Hall–Kier alpha value is -2.54. The number of aryl methyl sites for hydroxylation is 1. The van der Waals surface area contributed by atoms with E-state index in [1.165, 1.54) is 16.0 Å². The van der Waals surface area contributed by atoms with E-state index in [1.54, 1.807) is 0 Å². The van der Waals surface area contributed by atoms with Gasteiger partial charge >= 0.3 is 0 Å². The van der Waals surface area contributed by atoms with Gasteiger partial charge in [-0.15, -0.1) is 11.3 Å². The van der Waals surface area contributed by atoms with Gasteiger partial charge in [-0.3, -0.25) is 9.59 Å². The van der Waals surface area contributed by atoms with Gasteiger partial charge in [-0.1, -0.05) is 44.2 Å². The number of benzene rings is 1. The molecule has 0 fully saturated rings. The number of carbonyl (C=O) groups excluding carboxylic acids is 1. The summed E-state index contributed by atoms with van der Waals surface area (Å²) in [5, 5.41) is 8.12. The minimum atomic E-state index is -0.323. The summed E-state index contributed by atoms with van der Waals surface area (Å²) < 4.78 is 2.00. The van der Waals surface area contributed by atoms with Crippen LogP contribution in [0.4, 0.5) is 0 Å². The van der Waals surface area contributed by atoms with Crippen molar-refractivity contribution in [2.24, 2.45) is 0 Å². The van der Waals surface area contributed by atoms with Crippen LogP contribution in [0.25, 0.3) is 10.2 Å². The van der Waals surface area contributed by atoms with Crippen molar-refractivity contribution < 1.29 is 4.79 Å². The smallest absolute Gasteiger partial charge is 0.294 e. The lowest BCUT2D eigenvalue weighted by Gasteiger charge is -2.14. The Morgan fingerprint density at radius 3 is 2.58 bits per heavy atom. The van der Waals surface area contributed by atoms with Gasteiger partial charge in [0.2, 0.25) is 5.91 Å². The summed E-state index contributed by atoms with van der Waals surface area (Å²) in [6.07, 6.45) is 0. The molecule has 0 radical (unpaired) electrons. The van der Waals surface area contributed by atoms with Crippen molar-refractivity contribution in [1.29, 1.82) is 0 Å². The summed E-state index contributed by atoms with van der Waals surface area (Å²) in [6, 6.07) is 9.55. The molecule has 3 rings (SSSR count). The van der Waals surface area contributed by atoms with Crippen molar-refractivity contribution in [3.8, 4) is 0 Å². The molecule has 6 nitrogen and oxygen atoms in total. The number of amides is 1. The molecule has 1 amide bonds. The van der Waals surface area contributed by atoms with E-state index in [4.69, 9.17) is 0 Å². The van der Waals surface area contributed by atoms with E-state index < -0.39 is 0 Å². The average Bonchev–Trinajstić information content (AvgIpc) is 3.06. The second kappa shape index (κ2) is 7.37. The fourth-order valence-electron chi connectivity index (χ4n) is 2.72. The highest BCUT2D eigenvalue weighted by Crippen LogP contribution is 2.26. The second-order valence-corrected chi connectivity index (χ2v) is 7.66. The van der Waals surface area contributed by atoms with Crippen LogP contribution in [-0.4, -0.2) is 20.7 Å². The van der Waals surface area contributed by atoms with Crippen LogP contribution in [0.3, 0.4) is 0 Å².